The van der Waals surface area contributed by atoms with E-state index in [1.807, 2.05) is 0 Å². The second-order valence-corrected chi connectivity index (χ2v) is 3.50. The fourth-order valence-electron chi connectivity index (χ4n) is 1.22. The van der Waals surface area contributed by atoms with Crippen LogP contribution < -0.4 is 0 Å². The van der Waals surface area contributed by atoms with Gasteiger partial charge >= 0.3 is 12.4 Å². The topological polar surface area (TPSA) is 0 Å². The van der Waals surface area contributed by atoms with Crippen LogP contribution in [0.4, 0.5) is 26.3 Å². The van der Waals surface area contributed by atoms with Gasteiger partial charge in [-0.2, -0.15) is 26.3 Å². The molecule has 0 heterocycles. The van der Waals surface area contributed by atoms with Gasteiger partial charge in [0.25, 0.3) is 0 Å². The van der Waals surface area contributed by atoms with E-state index in [2.05, 4.69) is 0 Å². The van der Waals surface area contributed by atoms with Crippen molar-refractivity contribution in [1.29, 1.82) is 0 Å². The van der Waals surface area contributed by atoms with Gasteiger partial charge in [-0.05, 0) is 17.7 Å². The van der Waals surface area contributed by atoms with Crippen LogP contribution in [0.1, 0.15) is 11.5 Å². The molecular weight excluding hydrogens is 258 g/mol. The standard InChI is InChI=1S/C9H5ClF6/c10-6-3-1-5(2-4-6)7(8(11,12)13)9(14,15)16/h1-4,7H. The summed E-state index contributed by atoms with van der Waals surface area (Å²) in [7, 11) is 0. The molecular formula is C9H5ClF6. The highest BCUT2D eigenvalue weighted by atomic mass is 35.5. The average molecular weight is 263 g/mol. The van der Waals surface area contributed by atoms with Crippen molar-refractivity contribution in [1.82, 2.24) is 0 Å². The molecule has 0 nitrogen and oxygen atoms in total. The zero-order valence-electron chi connectivity index (χ0n) is 7.53. The Morgan fingerprint density at radius 1 is 0.812 bits per heavy atom. The van der Waals surface area contributed by atoms with Crippen molar-refractivity contribution < 1.29 is 26.3 Å². The maximum absolute atomic E-state index is 12.2. The fourth-order valence-corrected chi connectivity index (χ4v) is 1.34. The lowest BCUT2D eigenvalue weighted by Gasteiger charge is -2.23. The van der Waals surface area contributed by atoms with Crippen molar-refractivity contribution in [3.63, 3.8) is 0 Å². The van der Waals surface area contributed by atoms with E-state index in [1.165, 1.54) is 0 Å². The van der Waals surface area contributed by atoms with Crippen molar-refractivity contribution in [3.05, 3.63) is 34.9 Å². The minimum atomic E-state index is -5.37. The third-order valence-corrected chi connectivity index (χ3v) is 2.11. The Hall–Kier alpha value is -0.910. The molecule has 1 aromatic rings. The number of alkyl halides is 6. The summed E-state index contributed by atoms with van der Waals surface area (Å²) in [5.74, 6) is -3.47. The van der Waals surface area contributed by atoms with Crippen LogP contribution in [0.15, 0.2) is 24.3 Å². The van der Waals surface area contributed by atoms with E-state index in [0.717, 1.165) is 12.1 Å². The lowest BCUT2D eigenvalue weighted by molar-refractivity contribution is -0.253. The molecule has 7 heteroatoms. The Morgan fingerprint density at radius 3 is 1.50 bits per heavy atom. The van der Waals surface area contributed by atoms with E-state index in [1.54, 1.807) is 0 Å². The average Bonchev–Trinajstić information content (AvgIpc) is 2.03. The van der Waals surface area contributed by atoms with E-state index in [-0.39, 0.29) is 5.02 Å². The molecule has 1 rings (SSSR count). The first-order valence-electron chi connectivity index (χ1n) is 4.01. The van der Waals surface area contributed by atoms with Crippen molar-refractivity contribution in [2.45, 2.75) is 18.3 Å². The maximum atomic E-state index is 12.2. The van der Waals surface area contributed by atoms with Crippen molar-refractivity contribution in [3.8, 4) is 0 Å². The number of hydrogen-bond acceptors (Lipinski definition) is 0. The molecule has 0 aromatic heterocycles. The molecule has 1 aromatic carbocycles. The van der Waals surface area contributed by atoms with Crippen LogP contribution in [0.25, 0.3) is 0 Å². The monoisotopic (exact) mass is 262 g/mol. The number of benzene rings is 1. The Morgan fingerprint density at radius 2 is 1.19 bits per heavy atom. The summed E-state index contributed by atoms with van der Waals surface area (Å²) < 4.78 is 73.5. The minimum absolute atomic E-state index is 0.0758. The van der Waals surface area contributed by atoms with Gasteiger partial charge in [0.2, 0.25) is 0 Å². The summed E-state index contributed by atoms with van der Waals surface area (Å²) >= 11 is 5.38. The summed E-state index contributed by atoms with van der Waals surface area (Å²) in [5.41, 5.74) is -0.871. The molecule has 0 bridgehead atoms. The Balaban J connectivity index is 3.18. The Labute approximate surface area is 91.8 Å². The Kier molecular flexibility index (Phi) is 3.42. The van der Waals surface area contributed by atoms with Gasteiger partial charge in [-0.1, -0.05) is 23.7 Å². The highest BCUT2D eigenvalue weighted by molar-refractivity contribution is 6.30. The van der Waals surface area contributed by atoms with E-state index in [0.29, 0.717) is 12.1 Å². The molecule has 0 saturated carbocycles. The van der Waals surface area contributed by atoms with Crippen LogP contribution in [0, 0.1) is 0 Å². The predicted octanol–water partition coefficient (Wildman–Crippen LogP) is 4.55. The first kappa shape index (κ1) is 13.2. The first-order chi connectivity index (χ1) is 7.12. The number of hydrogen-bond donors (Lipinski definition) is 0. The lowest BCUT2D eigenvalue weighted by Crippen LogP contribution is -2.34. The van der Waals surface area contributed by atoms with Crippen LogP contribution in [0.3, 0.4) is 0 Å². The maximum Gasteiger partial charge on any atom is 0.404 e. The van der Waals surface area contributed by atoms with Gasteiger partial charge in [0.1, 0.15) is 0 Å². The van der Waals surface area contributed by atoms with E-state index >= 15 is 0 Å². The van der Waals surface area contributed by atoms with Crippen LogP contribution in [-0.4, -0.2) is 12.4 Å². The third kappa shape index (κ3) is 3.04. The lowest BCUT2D eigenvalue weighted by atomic mass is 9.98. The van der Waals surface area contributed by atoms with Crippen molar-refractivity contribution in [2.24, 2.45) is 0 Å². The molecule has 0 radical (unpaired) electrons. The summed E-state index contributed by atoms with van der Waals surface area (Å²) in [6.45, 7) is 0. The van der Waals surface area contributed by atoms with Gasteiger partial charge in [-0.3, -0.25) is 0 Å². The first-order valence-corrected chi connectivity index (χ1v) is 4.39. The normalized spacial score (nSPS) is 13.2. The molecule has 0 aliphatic heterocycles. The molecule has 0 aliphatic rings. The van der Waals surface area contributed by atoms with Crippen molar-refractivity contribution in [2.75, 3.05) is 0 Å². The van der Waals surface area contributed by atoms with Crippen LogP contribution in [0.2, 0.25) is 5.02 Å². The quantitative estimate of drug-likeness (QED) is 0.652. The molecule has 0 saturated heterocycles. The summed E-state index contributed by atoms with van der Waals surface area (Å²) in [6.07, 6.45) is -10.7. The highest BCUT2D eigenvalue weighted by Gasteiger charge is 2.57. The molecule has 0 unspecified atom stereocenters. The SMILES string of the molecule is FC(F)(F)C(c1ccc(Cl)cc1)C(F)(F)F. The summed E-state index contributed by atoms with van der Waals surface area (Å²) in [6, 6.07) is 3.41. The summed E-state index contributed by atoms with van der Waals surface area (Å²) in [4.78, 5) is 0. The molecule has 0 aliphatic carbocycles. The minimum Gasteiger partial charge on any atom is -0.170 e. The van der Waals surface area contributed by atoms with Gasteiger partial charge in [0, 0.05) is 5.02 Å². The van der Waals surface area contributed by atoms with Gasteiger partial charge in [0.05, 0.1) is 0 Å². The van der Waals surface area contributed by atoms with Gasteiger partial charge in [0.15, 0.2) is 5.92 Å². The van der Waals surface area contributed by atoms with E-state index < -0.39 is 23.8 Å². The zero-order chi connectivity index (χ0) is 12.6. The number of rotatable bonds is 1. The number of halogens is 7. The zero-order valence-corrected chi connectivity index (χ0v) is 8.29. The predicted molar refractivity (Wildman–Crippen MR) is 46.3 cm³/mol. The molecule has 0 N–H and O–H groups in total. The largest absolute Gasteiger partial charge is 0.404 e. The summed E-state index contributed by atoms with van der Waals surface area (Å²) in [5, 5.41) is 0.0758. The van der Waals surface area contributed by atoms with E-state index in [4.69, 9.17) is 11.6 Å². The second kappa shape index (κ2) is 4.16. The Bertz CT molecular complexity index is 336. The molecule has 90 valence electrons. The van der Waals surface area contributed by atoms with Crippen LogP contribution in [0.5, 0.6) is 0 Å². The molecule has 0 atom stereocenters. The van der Waals surface area contributed by atoms with Gasteiger partial charge < -0.3 is 0 Å². The molecule has 0 spiro atoms. The van der Waals surface area contributed by atoms with Crippen LogP contribution >= 0.6 is 11.6 Å². The molecule has 0 amide bonds. The van der Waals surface area contributed by atoms with E-state index in [9.17, 15) is 26.3 Å². The molecule has 16 heavy (non-hydrogen) atoms. The third-order valence-electron chi connectivity index (χ3n) is 1.86. The van der Waals surface area contributed by atoms with Gasteiger partial charge in [-0.15, -0.1) is 0 Å². The fraction of sp³-hybridized carbons (Fsp3) is 0.333. The highest BCUT2D eigenvalue weighted by Crippen LogP contribution is 2.46. The second-order valence-electron chi connectivity index (χ2n) is 3.07. The smallest absolute Gasteiger partial charge is 0.170 e. The van der Waals surface area contributed by atoms with Crippen LogP contribution in [-0.2, 0) is 0 Å². The molecule has 0 fully saturated rings. The van der Waals surface area contributed by atoms with Crippen molar-refractivity contribution >= 4 is 11.6 Å². The van der Waals surface area contributed by atoms with Gasteiger partial charge in [-0.25, -0.2) is 0 Å².